The van der Waals surface area contributed by atoms with Crippen molar-refractivity contribution in [3.05, 3.63) is 59.9 Å². The van der Waals surface area contributed by atoms with E-state index in [0.717, 1.165) is 5.52 Å². The molecule has 0 aliphatic rings. The van der Waals surface area contributed by atoms with Gasteiger partial charge in [-0.25, -0.2) is 14.6 Å². The Hall–Kier alpha value is -3.68. The third-order valence-corrected chi connectivity index (χ3v) is 3.95. The monoisotopic (exact) mass is 367 g/mol. The number of aromatic nitrogens is 2. The highest BCUT2D eigenvalue weighted by Gasteiger charge is 2.22. The molecule has 1 heterocycles. The number of carboxylic acid groups (broad SMARTS) is 1. The summed E-state index contributed by atoms with van der Waals surface area (Å²) >= 11 is 0. The van der Waals surface area contributed by atoms with Gasteiger partial charge in [0.15, 0.2) is 6.10 Å². The second-order valence-electron chi connectivity index (χ2n) is 5.81. The second kappa shape index (κ2) is 7.69. The lowest BCUT2D eigenvalue weighted by Crippen LogP contribution is -2.32. The van der Waals surface area contributed by atoms with Gasteiger partial charge in [-0.3, -0.25) is 4.79 Å². The minimum absolute atomic E-state index is 0.0469. The van der Waals surface area contributed by atoms with Crippen LogP contribution in [0.3, 0.4) is 0 Å². The number of esters is 1. The summed E-state index contributed by atoms with van der Waals surface area (Å²) in [5.41, 5.74) is 2.06. The summed E-state index contributed by atoms with van der Waals surface area (Å²) in [6.07, 6.45) is 0.777. The number of nitrogens with one attached hydrogen (secondary N) is 2. The predicted octanol–water partition coefficient (Wildman–Crippen LogP) is 2.84. The smallest absolute Gasteiger partial charge is 0.338 e. The molecule has 1 unspecified atom stereocenters. The fourth-order valence-corrected chi connectivity index (χ4v) is 2.53. The van der Waals surface area contributed by atoms with Gasteiger partial charge in [-0.05, 0) is 42.8 Å². The van der Waals surface area contributed by atoms with Gasteiger partial charge in [0, 0.05) is 5.69 Å². The molecule has 0 radical (unpaired) electrons. The van der Waals surface area contributed by atoms with Crippen LogP contribution in [-0.4, -0.2) is 39.0 Å². The highest BCUT2D eigenvalue weighted by Crippen LogP contribution is 2.16. The van der Waals surface area contributed by atoms with Gasteiger partial charge < -0.3 is 20.1 Å². The van der Waals surface area contributed by atoms with Crippen LogP contribution in [0.25, 0.3) is 11.0 Å². The van der Waals surface area contributed by atoms with E-state index >= 15 is 0 Å². The highest BCUT2D eigenvalue weighted by atomic mass is 16.5. The van der Waals surface area contributed by atoms with E-state index in [1.165, 1.54) is 24.5 Å². The van der Waals surface area contributed by atoms with Gasteiger partial charge >= 0.3 is 11.9 Å². The number of aromatic amines is 1. The van der Waals surface area contributed by atoms with Crippen LogP contribution in [0.2, 0.25) is 0 Å². The molecule has 2 aromatic carbocycles. The van der Waals surface area contributed by atoms with Crippen LogP contribution in [0.15, 0.2) is 48.8 Å². The number of carbonyl (C=O) groups is 3. The Balaban J connectivity index is 1.70. The van der Waals surface area contributed by atoms with Crippen molar-refractivity contribution in [3.8, 4) is 0 Å². The Kier molecular flexibility index (Phi) is 5.16. The average Bonchev–Trinajstić information content (AvgIpc) is 3.13. The van der Waals surface area contributed by atoms with Gasteiger partial charge in [-0.15, -0.1) is 0 Å². The second-order valence-corrected chi connectivity index (χ2v) is 5.81. The lowest BCUT2D eigenvalue weighted by Gasteiger charge is -2.16. The van der Waals surface area contributed by atoms with Crippen molar-refractivity contribution in [3.63, 3.8) is 0 Å². The van der Waals surface area contributed by atoms with Crippen molar-refractivity contribution in [2.75, 3.05) is 5.32 Å². The van der Waals surface area contributed by atoms with E-state index in [4.69, 9.17) is 9.84 Å². The standard InChI is InChI=1S/C19H17N3O5/c1-2-16(17(23)22-13-5-3-4-11(8-13)18(24)25)27-19(26)12-6-7-14-15(9-12)21-10-20-14/h3-10,16H,2H2,1H3,(H,20,21)(H,22,23)(H,24,25). The van der Waals surface area contributed by atoms with Crippen molar-refractivity contribution in [2.24, 2.45) is 0 Å². The summed E-state index contributed by atoms with van der Waals surface area (Å²) in [6.45, 7) is 1.71. The number of H-pyrrole nitrogens is 1. The van der Waals surface area contributed by atoms with E-state index in [0.29, 0.717) is 16.8 Å². The van der Waals surface area contributed by atoms with Crippen LogP contribution in [0.5, 0.6) is 0 Å². The Morgan fingerprint density at radius 3 is 2.74 bits per heavy atom. The van der Waals surface area contributed by atoms with Crippen molar-refractivity contribution in [2.45, 2.75) is 19.4 Å². The third-order valence-electron chi connectivity index (χ3n) is 3.95. The largest absolute Gasteiger partial charge is 0.478 e. The molecule has 8 heteroatoms. The summed E-state index contributed by atoms with van der Waals surface area (Å²) in [5, 5.41) is 11.6. The number of nitrogens with zero attached hydrogens (tertiary/aromatic N) is 1. The van der Waals surface area contributed by atoms with E-state index in [1.54, 1.807) is 31.2 Å². The van der Waals surface area contributed by atoms with Crippen molar-refractivity contribution in [1.29, 1.82) is 0 Å². The number of hydrogen-bond acceptors (Lipinski definition) is 5. The van der Waals surface area contributed by atoms with Gasteiger partial charge in [0.2, 0.25) is 0 Å². The highest BCUT2D eigenvalue weighted by molar-refractivity contribution is 5.99. The third kappa shape index (κ3) is 4.12. The number of rotatable bonds is 6. The molecule has 27 heavy (non-hydrogen) atoms. The SMILES string of the molecule is CCC(OC(=O)c1ccc2nc[nH]c2c1)C(=O)Nc1cccc(C(=O)O)c1. The number of benzene rings is 2. The maximum atomic E-state index is 12.4. The number of carboxylic acids is 1. The first-order valence-electron chi connectivity index (χ1n) is 8.26. The molecule has 1 aromatic heterocycles. The Labute approximate surface area is 154 Å². The number of fused-ring (bicyclic) bond motifs is 1. The molecule has 0 saturated heterocycles. The topological polar surface area (TPSA) is 121 Å². The summed E-state index contributed by atoms with van der Waals surface area (Å²) in [4.78, 5) is 42.8. The molecule has 3 N–H and O–H groups in total. The van der Waals surface area contributed by atoms with Crippen molar-refractivity contribution < 1.29 is 24.2 Å². The van der Waals surface area contributed by atoms with Gasteiger partial charge in [-0.2, -0.15) is 0 Å². The number of hydrogen-bond donors (Lipinski definition) is 3. The minimum Gasteiger partial charge on any atom is -0.478 e. The molecule has 3 aromatic rings. The molecular weight excluding hydrogens is 350 g/mol. The molecule has 0 aliphatic carbocycles. The van der Waals surface area contributed by atoms with Gasteiger partial charge in [0.25, 0.3) is 5.91 Å². The van der Waals surface area contributed by atoms with Crippen LogP contribution >= 0.6 is 0 Å². The van der Waals surface area contributed by atoms with E-state index in [1.807, 2.05) is 0 Å². The Bertz CT molecular complexity index is 1010. The zero-order valence-electron chi connectivity index (χ0n) is 14.4. The Morgan fingerprint density at radius 1 is 1.19 bits per heavy atom. The minimum atomic E-state index is -1.10. The van der Waals surface area contributed by atoms with Crippen molar-refractivity contribution in [1.82, 2.24) is 9.97 Å². The molecule has 0 spiro atoms. The fraction of sp³-hybridized carbons (Fsp3) is 0.158. The van der Waals surface area contributed by atoms with E-state index in [9.17, 15) is 14.4 Å². The van der Waals surface area contributed by atoms with E-state index < -0.39 is 23.9 Å². The molecular formula is C19H17N3O5. The number of aromatic carboxylic acids is 1. The molecule has 1 atom stereocenters. The zero-order chi connectivity index (χ0) is 19.4. The average molecular weight is 367 g/mol. The van der Waals surface area contributed by atoms with Gasteiger partial charge in [-0.1, -0.05) is 13.0 Å². The zero-order valence-corrected chi connectivity index (χ0v) is 14.4. The fourth-order valence-electron chi connectivity index (χ4n) is 2.53. The maximum absolute atomic E-state index is 12.4. The predicted molar refractivity (Wildman–Crippen MR) is 97.6 cm³/mol. The molecule has 0 aliphatic heterocycles. The number of amides is 1. The van der Waals surface area contributed by atoms with Gasteiger partial charge in [0.1, 0.15) is 0 Å². The van der Waals surface area contributed by atoms with Crippen molar-refractivity contribution >= 4 is 34.6 Å². The quantitative estimate of drug-likeness (QED) is 0.576. The molecule has 0 saturated carbocycles. The lowest BCUT2D eigenvalue weighted by molar-refractivity contribution is -0.124. The van der Waals surface area contributed by atoms with E-state index in [2.05, 4.69) is 15.3 Å². The van der Waals surface area contributed by atoms with Crippen LogP contribution < -0.4 is 5.32 Å². The number of imidazole rings is 1. The molecule has 1 amide bonds. The first-order chi connectivity index (χ1) is 13.0. The number of ether oxygens (including phenoxy) is 1. The molecule has 8 nitrogen and oxygen atoms in total. The summed E-state index contributed by atoms with van der Waals surface area (Å²) < 4.78 is 5.32. The molecule has 0 bridgehead atoms. The molecule has 138 valence electrons. The normalized spacial score (nSPS) is 11.7. The number of carbonyl (C=O) groups excluding carboxylic acids is 2. The van der Waals surface area contributed by atoms with Gasteiger partial charge in [0.05, 0.1) is 28.5 Å². The summed E-state index contributed by atoms with van der Waals surface area (Å²) in [7, 11) is 0. The van der Waals surface area contributed by atoms with Crippen LogP contribution in [0.4, 0.5) is 5.69 Å². The first-order valence-corrected chi connectivity index (χ1v) is 8.26. The summed E-state index contributed by atoms with van der Waals surface area (Å²) in [6, 6.07) is 10.7. The maximum Gasteiger partial charge on any atom is 0.338 e. The van der Waals surface area contributed by atoms with Crippen LogP contribution in [-0.2, 0) is 9.53 Å². The Morgan fingerprint density at radius 2 is 2.00 bits per heavy atom. The number of anilines is 1. The van der Waals surface area contributed by atoms with Crippen LogP contribution in [0.1, 0.15) is 34.1 Å². The molecule has 0 fully saturated rings. The van der Waals surface area contributed by atoms with E-state index in [-0.39, 0.29) is 12.0 Å². The molecule has 3 rings (SSSR count). The lowest BCUT2D eigenvalue weighted by atomic mass is 10.2. The first kappa shape index (κ1) is 18.1. The summed E-state index contributed by atoms with van der Waals surface area (Å²) in [5.74, 6) is -2.26. The van der Waals surface area contributed by atoms with Crippen LogP contribution in [0, 0.1) is 0 Å².